The highest BCUT2D eigenvalue weighted by atomic mass is 16.5. The molecule has 1 aromatic rings. The maximum absolute atomic E-state index is 12.2. The Labute approximate surface area is 102 Å². The van der Waals surface area contributed by atoms with E-state index in [1.54, 1.807) is 32.4 Å². The number of benzene rings is 1. The maximum atomic E-state index is 12.2. The first kappa shape index (κ1) is 13.5. The largest absolute Gasteiger partial charge is 0.497 e. The molecule has 17 heavy (non-hydrogen) atoms. The second kappa shape index (κ2) is 5.19. The van der Waals surface area contributed by atoms with Crippen LogP contribution in [0.3, 0.4) is 0 Å². The predicted octanol–water partition coefficient (Wildman–Crippen LogP) is 1.87. The molecule has 1 rings (SSSR count). The fourth-order valence-electron chi connectivity index (χ4n) is 1.42. The van der Waals surface area contributed by atoms with Gasteiger partial charge in [-0.15, -0.1) is 0 Å². The van der Waals surface area contributed by atoms with Crippen molar-refractivity contribution in [3.05, 3.63) is 23.8 Å². The summed E-state index contributed by atoms with van der Waals surface area (Å²) in [6.07, 6.45) is 0. The lowest BCUT2D eigenvalue weighted by molar-refractivity contribution is 0.0847. The smallest absolute Gasteiger partial charge is 0.169 e. The topological polar surface area (TPSA) is 61.5 Å². The third-order valence-corrected chi connectivity index (χ3v) is 2.74. The first-order chi connectivity index (χ1) is 7.94. The minimum Gasteiger partial charge on any atom is -0.497 e. The molecular formula is C13H19NO3. The standard InChI is InChI=1S/C13H19NO3/c1-13(2,8-14)12(15)9-5-10(16-3)7-11(6-9)17-4/h5-7H,8,14H2,1-4H3. The van der Waals surface area contributed by atoms with Crippen molar-refractivity contribution in [3.8, 4) is 11.5 Å². The molecule has 0 aliphatic heterocycles. The van der Waals surface area contributed by atoms with E-state index in [1.807, 2.05) is 13.8 Å². The number of carbonyl (C=O) groups excluding carboxylic acids is 1. The molecule has 94 valence electrons. The number of methoxy groups -OCH3 is 2. The average Bonchev–Trinajstić information content (AvgIpc) is 2.36. The molecule has 4 heteroatoms. The highest BCUT2D eigenvalue weighted by molar-refractivity contribution is 6.00. The highest BCUT2D eigenvalue weighted by Gasteiger charge is 2.27. The molecule has 0 aliphatic carbocycles. The summed E-state index contributed by atoms with van der Waals surface area (Å²) in [4.78, 5) is 12.2. The molecule has 0 aromatic heterocycles. The van der Waals surface area contributed by atoms with E-state index in [2.05, 4.69) is 0 Å². The summed E-state index contributed by atoms with van der Waals surface area (Å²) in [5.41, 5.74) is 5.57. The Hall–Kier alpha value is -1.55. The van der Waals surface area contributed by atoms with E-state index in [4.69, 9.17) is 15.2 Å². The third-order valence-electron chi connectivity index (χ3n) is 2.74. The normalized spacial score (nSPS) is 11.1. The van der Waals surface area contributed by atoms with Gasteiger partial charge in [-0.25, -0.2) is 0 Å². The fraction of sp³-hybridized carbons (Fsp3) is 0.462. The zero-order valence-corrected chi connectivity index (χ0v) is 10.7. The van der Waals surface area contributed by atoms with Crippen LogP contribution in [0, 0.1) is 5.41 Å². The summed E-state index contributed by atoms with van der Waals surface area (Å²) >= 11 is 0. The zero-order chi connectivity index (χ0) is 13.1. The number of carbonyl (C=O) groups is 1. The maximum Gasteiger partial charge on any atom is 0.169 e. The zero-order valence-electron chi connectivity index (χ0n) is 10.7. The lowest BCUT2D eigenvalue weighted by Gasteiger charge is -2.21. The number of Topliss-reactive ketones (excluding diaryl/α,β-unsaturated/α-hetero) is 1. The molecule has 0 spiro atoms. The Balaban J connectivity index is 3.17. The summed E-state index contributed by atoms with van der Waals surface area (Å²) in [7, 11) is 3.11. The molecule has 0 amide bonds. The van der Waals surface area contributed by atoms with Gasteiger partial charge in [0.05, 0.1) is 14.2 Å². The van der Waals surface area contributed by atoms with Crippen LogP contribution in [0.2, 0.25) is 0 Å². The molecule has 0 radical (unpaired) electrons. The van der Waals surface area contributed by atoms with Gasteiger partial charge in [-0.3, -0.25) is 4.79 Å². The van der Waals surface area contributed by atoms with Crippen molar-refractivity contribution in [1.29, 1.82) is 0 Å². The van der Waals surface area contributed by atoms with Gasteiger partial charge in [0.15, 0.2) is 5.78 Å². The lowest BCUT2D eigenvalue weighted by Crippen LogP contribution is -2.32. The molecule has 1 aromatic carbocycles. The van der Waals surface area contributed by atoms with Gasteiger partial charge in [0.1, 0.15) is 11.5 Å². The van der Waals surface area contributed by atoms with Crippen LogP contribution in [0.4, 0.5) is 0 Å². The van der Waals surface area contributed by atoms with Gasteiger partial charge in [-0.2, -0.15) is 0 Å². The molecule has 2 N–H and O–H groups in total. The molecule has 0 fully saturated rings. The first-order valence-electron chi connectivity index (χ1n) is 5.42. The molecule has 0 saturated heterocycles. The van der Waals surface area contributed by atoms with Crippen molar-refractivity contribution >= 4 is 5.78 Å². The molecule has 0 aliphatic rings. The van der Waals surface area contributed by atoms with Gasteiger partial charge in [-0.1, -0.05) is 13.8 Å². The number of rotatable bonds is 5. The molecule has 0 heterocycles. The Morgan fingerprint density at radius 3 is 2.00 bits per heavy atom. The van der Waals surface area contributed by atoms with Gasteiger partial charge in [0, 0.05) is 23.6 Å². The number of ketones is 1. The Morgan fingerprint density at radius 1 is 1.18 bits per heavy atom. The first-order valence-corrected chi connectivity index (χ1v) is 5.42. The molecule has 0 atom stereocenters. The summed E-state index contributed by atoms with van der Waals surface area (Å²) in [5, 5.41) is 0. The quantitative estimate of drug-likeness (QED) is 0.794. The van der Waals surface area contributed by atoms with E-state index < -0.39 is 5.41 Å². The van der Waals surface area contributed by atoms with Crippen LogP contribution < -0.4 is 15.2 Å². The van der Waals surface area contributed by atoms with Crippen LogP contribution in [0.25, 0.3) is 0 Å². The molecule has 0 saturated carbocycles. The van der Waals surface area contributed by atoms with Gasteiger partial charge < -0.3 is 15.2 Å². The summed E-state index contributed by atoms with van der Waals surface area (Å²) in [6, 6.07) is 5.12. The van der Waals surface area contributed by atoms with Crippen molar-refractivity contribution in [1.82, 2.24) is 0 Å². The van der Waals surface area contributed by atoms with Gasteiger partial charge in [0.2, 0.25) is 0 Å². The van der Waals surface area contributed by atoms with E-state index in [9.17, 15) is 4.79 Å². The van der Waals surface area contributed by atoms with Gasteiger partial charge in [-0.05, 0) is 12.1 Å². The Kier molecular flexibility index (Phi) is 4.12. The molecular weight excluding hydrogens is 218 g/mol. The highest BCUT2D eigenvalue weighted by Crippen LogP contribution is 2.27. The van der Waals surface area contributed by atoms with E-state index >= 15 is 0 Å². The third kappa shape index (κ3) is 2.97. The van der Waals surface area contributed by atoms with Crippen molar-refractivity contribution in [2.45, 2.75) is 13.8 Å². The van der Waals surface area contributed by atoms with Gasteiger partial charge >= 0.3 is 0 Å². The van der Waals surface area contributed by atoms with Crippen LogP contribution in [0.5, 0.6) is 11.5 Å². The summed E-state index contributed by atoms with van der Waals surface area (Å²) < 4.78 is 10.3. The molecule has 0 bridgehead atoms. The van der Waals surface area contributed by atoms with E-state index in [1.165, 1.54) is 0 Å². The van der Waals surface area contributed by atoms with Crippen LogP contribution in [-0.4, -0.2) is 26.5 Å². The van der Waals surface area contributed by atoms with Crippen LogP contribution in [0.15, 0.2) is 18.2 Å². The van der Waals surface area contributed by atoms with Crippen LogP contribution >= 0.6 is 0 Å². The number of hydrogen-bond donors (Lipinski definition) is 1. The Bertz CT molecular complexity index is 391. The van der Waals surface area contributed by atoms with E-state index in [-0.39, 0.29) is 5.78 Å². The number of ether oxygens (including phenoxy) is 2. The minimum absolute atomic E-state index is 0.0165. The SMILES string of the molecule is COc1cc(OC)cc(C(=O)C(C)(C)CN)c1. The van der Waals surface area contributed by atoms with Crippen LogP contribution in [-0.2, 0) is 0 Å². The van der Waals surface area contributed by atoms with Gasteiger partial charge in [0.25, 0.3) is 0 Å². The lowest BCUT2D eigenvalue weighted by atomic mass is 9.84. The van der Waals surface area contributed by atoms with Crippen molar-refractivity contribution in [3.63, 3.8) is 0 Å². The predicted molar refractivity (Wildman–Crippen MR) is 66.7 cm³/mol. The van der Waals surface area contributed by atoms with Crippen LogP contribution in [0.1, 0.15) is 24.2 Å². The van der Waals surface area contributed by atoms with Crippen molar-refractivity contribution in [2.24, 2.45) is 11.1 Å². The molecule has 4 nitrogen and oxygen atoms in total. The average molecular weight is 237 g/mol. The summed E-state index contributed by atoms with van der Waals surface area (Å²) in [6.45, 7) is 3.94. The van der Waals surface area contributed by atoms with E-state index in [0.29, 0.717) is 23.6 Å². The second-order valence-electron chi connectivity index (χ2n) is 4.52. The van der Waals surface area contributed by atoms with E-state index in [0.717, 1.165) is 0 Å². The minimum atomic E-state index is -0.586. The monoisotopic (exact) mass is 237 g/mol. The molecule has 0 unspecified atom stereocenters. The fourth-order valence-corrected chi connectivity index (χ4v) is 1.42. The number of nitrogens with two attached hydrogens (primary N) is 1. The van der Waals surface area contributed by atoms with Crippen molar-refractivity contribution in [2.75, 3.05) is 20.8 Å². The Morgan fingerprint density at radius 2 is 1.65 bits per heavy atom. The second-order valence-corrected chi connectivity index (χ2v) is 4.52. The van der Waals surface area contributed by atoms with Crippen molar-refractivity contribution < 1.29 is 14.3 Å². The number of hydrogen-bond acceptors (Lipinski definition) is 4. The summed E-state index contributed by atoms with van der Waals surface area (Å²) in [5.74, 6) is 1.18.